The van der Waals surface area contributed by atoms with Crippen LogP contribution in [0, 0.1) is 5.82 Å². The molecule has 3 aromatic rings. The first kappa shape index (κ1) is 13.6. The van der Waals surface area contributed by atoms with Gasteiger partial charge in [0.25, 0.3) is 5.91 Å². The summed E-state index contributed by atoms with van der Waals surface area (Å²) in [6, 6.07) is 13.4. The maximum atomic E-state index is 13.2. The van der Waals surface area contributed by atoms with E-state index in [1.165, 1.54) is 28.4 Å². The number of hydrogen-bond donors (Lipinski definition) is 1. The van der Waals surface area contributed by atoms with E-state index >= 15 is 0 Å². The Hall–Kier alpha value is -2.40. The smallest absolute Gasteiger partial charge is 0.268 e. The molecule has 1 amide bonds. The number of benzene rings is 2. The second-order valence-corrected chi connectivity index (χ2v) is 5.84. The molecule has 0 spiro atoms. The Morgan fingerprint density at radius 2 is 2.00 bits per heavy atom. The Balaban J connectivity index is 1.96. The van der Waals surface area contributed by atoms with Gasteiger partial charge in [0, 0.05) is 23.1 Å². The highest BCUT2D eigenvalue weighted by Gasteiger charge is 2.16. The predicted molar refractivity (Wildman–Crippen MR) is 85.4 cm³/mol. The highest BCUT2D eigenvalue weighted by Crippen LogP contribution is 2.28. The Bertz CT molecular complexity index is 828. The van der Waals surface area contributed by atoms with Gasteiger partial charge in [0.05, 0.1) is 4.88 Å². The lowest BCUT2D eigenvalue weighted by atomic mass is 10.2. The first-order valence-corrected chi connectivity index (χ1v) is 7.19. The number of fused-ring (bicyclic) bond motifs is 1. The van der Waals surface area contributed by atoms with Gasteiger partial charge in [0.1, 0.15) is 5.82 Å². The predicted octanol–water partition coefficient (Wildman–Crippen LogP) is 3.90. The summed E-state index contributed by atoms with van der Waals surface area (Å²) in [5, 5.41) is 0.866. The molecule has 0 saturated heterocycles. The number of hydrogen-bond acceptors (Lipinski definition) is 3. The second kappa shape index (κ2) is 5.18. The molecule has 0 aliphatic carbocycles. The van der Waals surface area contributed by atoms with Crippen molar-refractivity contribution in [3.63, 3.8) is 0 Å². The summed E-state index contributed by atoms with van der Waals surface area (Å²) in [5.41, 5.74) is 7.06. The molecular weight excluding hydrogens is 287 g/mol. The average molecular weight is 300 g/mol. The third-order valence-corrected chi connectivity index (χ3v) is 4.34. The van der Waals surface area contributed by atoms with Crippen LogP contribution in [0.5, 0.6) is 0 Å². The van der Waals surface area contributed by atoms with E-state index in [4.69, 9.17) is 5.73 Å². The van der Waals surface area contributed by atoms with Crippen LogP contribution in [-0.2, 0) is 0 Å². The molecule has 106 valence electrons. The van der Waals surface area contributed by atoms with Crippen molar-refractivity contribution >= 4 is 38.7 Å². The molecule has 0 bridgehead atoms. The van der Waals surface area contributed by atoms with Gasteiger partial charge >= 0.3 is 0 Å². The van der Waals surface area contributed by atoms with E-state index in [0.717, 1.165) is 15.8 Å². The zero-order valence-electron chi connectivity index (χ0n) is 11.3. The van der Waals surface area contributed by atoms with Gasteiger partial charge in [-0.2, -0.15) is 0 Å². The molecular formula is C16H13FN2OS. The molecule has 2 aromatic carbocycles. The molecule has 1 aromatic heterocycles. The van der Waals surface area contributed by atoms with Gasteiger partial charge in [-0.1, -0.05) is 12.1 Å². The van der Waals surface area contributed by atoms with Crippen LogP contribution < -0.4 is 10.6 Å². The Morgan fingerprint density at radius 3 is 2.76 bits per heavy atom. The monoisotopic (exact) mass is 300 g/mol. The number of nitrogens with two attached hydrogens (primary N) is 1. The first-order valence-electron chi connectivity index (χ1n) is 6.37. The number of carbonyl (C=O) groups excluding carboxylic acids is 1. The number of anilines is 2. The molecule has 0 fully saturated rings. The van der Waals surface area contributed by atoms with Crippen molar-refractivity contribution in [2.75, 3.05) is 17.7 Å². The SMILES string of the molecule is CN(C(=O)c1cc2ccc(F)cc2s1)c1cccc(N)c1. The van der Waals surface area contributed by atoms with Gasteiger partial charge in [-0.3, -0.25) is 4.79 Å². The fraction of sp³-hybridized carbons (Fsp3) is 0.0625. The van der Waals surface area contributed by atoms with Crippen LogP contribution in [0.2, 0.25) is 0 Å². The fourth-order valence-electron chi connectivity index (χ4n) is 2.13. The second-order valence-electron chi connectivity index (χ2n) is 4.75. The van der Waals surface area contributed by atoms with Crippen molar-refractivity contribution in [2.45, 2.75) is 0 Å². The topological polar surface area (TPSA) is 46.3 Å². The average Bonchev–Trinajstić information content (AvgIpc) is 2.88. The van der Waals surface area contributed by atoms with Gasteiger partial charge in [-0.15, -0.1) is 11.3 Å². The van der Waals surface area contributed by atoms with Crippen molar-refractivity contribution in [1.82, 2.24) is 0 Å². The number of nitrogens with zero attached hydrogens (tertiary/aromatic N) is 1. The minimum absolute atomic E-state index is 0.137. The zero-order chi connectivity index (χ0) is 15.0. The van der Waals surface area contributed by atoms with E-state index < -0.39 is 0 Å². The molecule has 0 unspecified atom stereocenters. The van der Waals surface area contributed by atoms with E-state index in [2.05, 4.69) is 0 Å². The number of rotatable bonds is 2. The van der Waals surface area contributed by atoms with E-state index in [-0.39, 0.29) is 11.7 Å². The summed E-state index contributed by atoms with van der Waals surface area (Å²) in [5.74, 6) is -0.435. The van der Waals surface area contributed by atoms with E-state index in [1.807, 2.05) is 6.07 Å². The van der Waals surface area contributed by atoms with Crippen LogP contribution in [-0.4, -0.2) is 13.0 Å². The number of thiophene rings is 1. The first-order chi connectivity index (χ1) is 10.0. The lowest BCUT2D eigenvalue weighted by Gasteiger charge is -2.16. The molecule has 21 heavy (non-hydrogen) atoms. The van der Waals surface area contributed by atoms with Crippen LogP contribution in [0.25, 0.3) is 10.1 Å². The van der Waals surface area contributed by atoms with Crippen LogP contribution in [0.1, 0.15) is 9.67 Å². The van der Waals surface area contributed by atoms with Gasteiger partial charge in [0.2, 0.25) is 0 Å². The summed E-state index contributed by atoms with van der Waals surface area (Å²) in [6.45, 7) is 0. The molecule has 0 radical (unpaired) electrons. The molecule has 0 aliphatic rings. The Morgan fingerprint density at radius 1 is 1.19 bits per heavy atom. The van der Waals surface area contributed by atoms with Crippen LogP contribution in [0.3, 0.4) is 0 Å². The summed E-state index contributed by atoms with van der Waals surface area (Å²) < 4.78 is 14.0. The van der Waals surface area contributed by atoms with Crippen molar-refractivity contribution in [1.29, 1.82) is 0 Å². The van der Waals surface area contributed by atoms with E-state index in [1.54, 1.807) is 37.4 Å². The van der Waals surface area contributed by atoms with E-state index in [0.29, 0.717) is 10.6 Å². The quantitative estimate of drug-likeness (QED) is 0.730. The van der Waals surface area contributed by atoms with Gasteiger partial charge in [-0.25, -0.2) is 4.39 Å². The lowest BCUT2D eigenvalue weighted by molar-refractivity contribution is 0.0997. The molecule has 3 nitrogen and oxygen atoms in total. The Labute approximate surface area is 125 Å². The van der Waals surface area contributed by atoms with Crippen molar-refractivity contribution in [3.8, 4) is 0 Å². The molecule has 0 saturated carbocycles. The molecule has 5 heteroatoms. The minimum Gasteiger partial charge on any atom is -0.399 e. The summed E-state index contributed by atoms with van der Waals surface area (Å²) in [6.07, 6.45) is 0. The number of carbonyl (C=O) groups is 1. The van der Waals surface area contributed by atoms with Gasteiger partial charge < -0.3 is 10.6 Å². The maximum absolute atomic E-state index is 13.2. The molecule has 2 N–H and O–H groups in total. The van der Waals surface area contributed by atoms with Gasteiger partial charge in [-0.05, 0) is 41.8 Å². The normalized spacial score (nSPS) is 10.8. The molecule has 3 rings (SSSR count). The highest BCUT2D eigenvalue weighted by molar-refractivity contribution is 7.20. The number of amides is 1. The van der Waals surface area contributed by atoms with Crippen LogP contribution >= 0.6 is 11.3 Å². The van der Waals surface area contributed by atoms with E-state index in [9.17, 15) is 9.18 Å². The van der Waals surface area contributed by atoms with Crippen molar-refractivity contribution < 1.29 is 9.18 Å². The van der Waals surface area contributed by atoms with Crippen LogP contribution in [0.4, 0.5) is 15.8 Å². The number of nitrogen functional groups attached to an aromatic ring is 1. The largest absolute Gasteiger partial charge is 0.399 e. The van der Waals surface area contributed by atoms with Gasteiger partial charge in [0.15, 0.2) is 0 Å². The molecule has 1 heterocycles. The molecule has 0 atom stereocenters. The highest BCUT2D eigenvalue weighted by atomic mass is 32.1. The maximum Gasteiger partial charge on any atom is 0.268 e. The zero-order valence-corrected chi connectivity index (χ0v) is 12.2. The number of halogens is 1. The van der Waals surface area contributed by atoms with Crippen molar-refractivity contribution in [3.05, 3.63) is 59.2 Å². The third-order valence-electron chi connectivity index (χ3n) is 3.26. The lowest BCUT2D eigenvalue weighted by Crippen LogP contribution is -2.25. The summed E-state index contributed by atoms with van der Waals surface area (Å²) in [7, 11) is 1.70. The third kappa shape index (κ3) is 2.60. The standard InChI is InChI=1S/C16H13FN2OS/c1-19(13-4-2-3-12(18)9-13)16(20)15-7-10-5-6-11(17)8-14(10)21-15/h2-9H,18H2,1H3. The minimum atomic E-state index is -0.299. The molecule has 0 aliphatic heterocycles. The van der Waals surface area contributed by atoms with Crippen molar-refractivity contribution in [2.24, 2.45) is 0 Å². The summed E-state index contributed by atoms with van der Waals surface area (Å²) in [4.78, 5) is 14.6. The van der Waals surface area contributed by atoms with Crippen LogP contribution in [0.15, 0.2) is 48.5 Å². The Kier molecular flexibility index (Phi) is 3.35. The fourth-order valence-corrected chi connectivity index (χ4v) is 3.19. The summed E-state index contributed by atoms with van der Waals surface area (Å²) >= 11 is 1.28.